The fraction of sp³-hybridized carbons (Fsp3) is 0.120. The molecule has 11 heteroatoms. The number of methoxy groups -OCH3 is 3. The Bertz CT molecular complexity index is 1340. The molecule has 186 valence electrons. The summed E-state index contributed by atoms with van der Waals surface area (Å²) in [4.78, 5) is 37.0. The van der Waals surface area contributed by atoms with Gasteiger partial charge in [-0.15, -0.1) is 0 Å². The predicted octanol–water partition coefficient (Wildman–Crippen LogP) is 4.79. The lowest BCUT2D eigenvalue weighted by Gasteiger charge is -2.14. The average Bonchev–Trinajstić information content (AvgIpc) is 2.88. The highest BCUT2D eigenvalue weighted by molar-refractivity contribution is 9.10. The van der Waals surface area contributed by atoms with Crippen LogP contribution in [0.5, 0.6) is 17.2 Å². The van der Waals surface area contributed by atoms with Gasteiger partial charge >= 0.3 is 0 Å². The summed E-state index contributed by atoms with van der Waals surface area (Å²) < 4.78 is 16.4. The number of nitro groups is 1. The highest BCUT2D eigenvalue weighted by atomic mass is 79.9. The Hall–Kier alpha value is -4.38. The molecule has 3 aromatic carbocycles. The molecule has 0 radical (unpaired) electrons. The zero-order chi connectivity index (χ0) is 26.2. The van der Waals surface area contributed by atoms with Crippen LogP contribution in [0.25, 0.3) is 6.08 Å². The first-order chi connectivity index (χ1) is 17.2. The van der Waals surface area contributed by atoms with E-state index in [2.05, 4.69) is 26.6 Å². The van der Waals surface area contributed by atoms with Crippen LogP contribution in [0, 0.1) is 10.1 Å². The van der Waals surface area contributed by atoms with Crippen molar-refractivity contribution in [3.8, 4) is 17.2 Å². The summed E-state index contributed by atoms with van der Waals surface area (Å²) in [6.45, 7) is 0. The Balaban J connectivity index is 1.99. The molecule has 3 rings (SSSR count). The first-order valence-electron chi connectivity index (χ1n) is 10.4. The molecular weight excluding hydrogens is 534 g/mol. The minimum absolute atomic E-state index is 0.155. The summed E-state index contributed by atoms with van der Waals surface area (Å²) >= 11 is 3.32. The van der Waals surface area contributed by atoms with E-state index in [1.165, 1.54) is 45.6 Å². The Kier molecular flexibility index (Phi) is 8.63. The van der Waals surface area contributed by atoms with Crippen molar-refractivity contribution in [3.63, 3.8) is 0 Å². The number of carbonyl (C=O) groups excluding carboxylic acids is 2. The molecule has 2 N–H and O–H groups in total. The molecule has 0 aliphatic carbocycles. The standard InChI is InChI=1S/C25H22BrN3O7/c1-34-21-9-7-16(26)13-19(21)24(30)28-20(12-15-5-4-6-18(11-15)29(32)33)25(31)27-17-8-10-22(35-2)23(14-17)36-3/h4-14H,1-3H3,(H,27,31)(H,28,30). The SMILES string of the molecule is COc1ccc(NC(=O)C(=Cc2cccc([N+](=O)[O-])c2)NC(=O)c2cc(Br)ccc2OC)cc1OC. The summed E-state index contributed by atoms with van der Waals surface area (Å²) in [7, 11) is 4.37. The van der Waals surface area contributed by atoms with Gasteiger partial charge in [0.25, 0.3) is 17.5 Å². The molecule has 36 heavy (non-hydrogen) atoms. The topological polar surface area (TPSA) is 129 Å². The van der Waals surface area contributed by atoms with Gasteiger partial charge in [0.1, 0.15) is 11.4 Å². The van der Waals surface area contributed by atoms with Gasteiger partial charge in [0, 0.05) is 28.4 Å². The summed E-state index contributed by atoms with van der Waals surface area (Å²) in [5, 5.41) is 16.5. The molecule has 0 aliphatic rings. The van der Waals surface area contributed by atoms with Gasteiger partial charge in [-0.1, -0.05) is 28.1 Å². The second-order valence-electron chi connectivity index (χ2n) is 7.23. The fourth-order valence-electron chi connectivity index (χ4n) is 3.21. The number of non-ortho nitro benzene ring substituents is 1. The van der Waals surface area contributed by atoms with Crippen LogP contribution in [0.4, 0.5) is 11.4 Å². The largest absolute Gasteiger partial charge is 0.496 e. The second-order valence-corrected chi connectivity index (χ2v) is 8.15. The lowest BCUT2D eigenvalue weighted by molar-refractivity contribution is -0.384. The number of nitro benzene ring substituents is 1. The van der Waals surface area contributed by atoms with E-state index in [4.69, 9.17) is 14.2 Å². The average molecular weight is 556 g/mol. The van der Waals surface area contributed by atoms with E-state index in [-0.39, 0.29) is 16.9 Å². The lowest BCUT2D eigenvalue weighted by atomic mass is 10.1. The van der Waals surface area contributed by atoms with Crippen molar-refractivity contribution >= 4 is 45.2 Å². The van der Waals surface area contributed by atoms with E-state index in [1.54, 1.807) is 42.5 Å². The van der Waals surface area contributed by atoms with Gasteiger partial charge in [-0.2, -0.15) is 0 Å². The summed E-state index contributed by atoms with van der Waals surface area (Å²) in [6, 6.07) is 15.3. The molecule has 0 fully saturated rings. The third kappa shape index (κ3) is 6.39. The molecule has 0 saturated heterocycles. The molecule has 0 aromatic heterocycles. The zero-order valence-electron chi connectivity index (χ0n) is 19.5. The Morgan fingerprint density at radius 1 is 0.917 bits per heavy atom. The number of nitrogens with one attached hydrogen (secondary N) is 2. The molecule has 0 bridgehead atoms. The van der Waals surface area contributed by atoms with Crippen molar-refractivity contribution in [2.24, 2.45) is 0 Å². The molecule has 0 heterocycles. The molecule has 0 spiro atoms. The molecule has 3 aromatic rings. The number of nitrogens with zero attached hydrogens (tertiary/aromatic N) is 1. The van der Waals surface area contributed by atoms with Crippen molar-refractivity contribution in [2.45, 2.75) is 0 Å². The number of hydrogen-bond donors (Lipinski definition) is 2. The molecule has 0 saturated carbocycles. The minimum atomic E-state index is -0.670. The molecule has 2 amide bonds. The minimum Gasteiger partial charge on any atom is -0.496 e. The predicted molar refractivity (Wildman–Crippen MR) is 137 cm³/mol. The monoisotopic (exact) mass is 555 g/mol. The number of amides is 2. The van der Waals surface area contributed by atoms with Crippen LogP contribution in [-0.4, -0.2) is 38.1 Å². The number of benzene rings is 3. The Labute approximate surface area is 215 Å². The first-order valence-corrected chi connectivity index (χ1v) is 11.2. The van der Waals surface area contributed by atoms with Gasteiger partial charge in [0.05, 0.1) is 31.8 Å². The van der Waals surface area contributed by atoms with Crippen LogP contribution < -0.4 is 24.8 Å². The van der Waals surface area contributed by atoms with Crippen molar-refractivity contribution in [3.05, 3.63) is 92.1 Å². The first kappa shape index (κ1) is 26.2. The lowest BCUT2D eigenvalue weighted by Crippen LogP contribution is -2.31. The number of anilines is 1. The molecule has 0 aliphatic heterocycles. The van der Waals surface area contributed by atoms with E-state index in [0.717, 1.165) is 0 Å². The number of hydrogen-bond acceptors (Lipinski definition) is 7. The molecular formula is C25H22BrN3O7. The summed E-state index contributed by atoms with van der Waals surface area (Å²) in [6.07, 6.45) is 1.34. The van der Waals surface area contributed by atoms with Gasteiger partial charge in [0.2, 0.25) is 0 Å². The molecule has 0 atom stereocenters. The van der Waals surface area contributed by atoms with E-state index in [1.807, 2.05) is 0 Å². The maximum absolute atomic E-state index is 13.2. The molecule has 0 unspecified atom stereocenters. The highest BCUT2D eigenvalue weighted by Crippen LogP contribution is 2.30. The van der Waals surface area contributed by atoms with Crippen molar-refractivity contribution in [2.75, 3.05) is 26.6 Å². The smallest absolute Gasteiger partial charge is 0.272 e. The number of rotatable bonds is 9. The summed E-state index contributed by atoms with van der Waals surface area (Å²) in [5.41, 5.74) is 0.566. The third-order valence-electron chi connectivity index (χ3n) is 4.93. The Morgan fingerprint density at radius 3 is 2.28 bits per heavy atom. The maximum Gasteiger partial charge on any atom is 0.272 e. The van der Waals surface area contributed by atoms with E-state index < -0.39 is 16.7 Å². The zero-order valence-corrected chi connectivity index (χ0v) is 21.1. The van der Waals surface area contributed by atoms with Crippen LogP contribution in [0.15, 0.2) is 70.8 Å². The molecule has 10 nitrogen and oxygen atoms in total. The van der Waals surface area contributed by atoms with E-state index in [9.17, 15) is 19.7 Å². The van der Waals surface area contributed by atoms with Gasteiger partial charge in [-0.25, -0.2) is 0 Å². The Morgan fingerprint density at radius 2 is 1.61 bits per heavy atom. The number of ether oxygens (including phenoxy) is 3. The van der Waals surface area contributed by atoms with Gasteiger partial charge in [-0.05, 0) is 42.0 Å². The van der Waals surface area contributed by atoms with E-state index >= 15 is 0 Å². The van der Waals surface area contributed by atoms with Gasteiger partial charge < -0.3 is 24.8 Å². The number of halogens is 1. The van der Waals surface area contributed by atoms with Crippen LogP contribution in [0.1, 0.15) is 15.9 Å². The van der Waals surface area contributed by atoms with Crippen LogP contribution in [-0.2, 0) is 4.79 Å². The highest BCUT2D eigenvalue weighted by Gasteiger charge is 2.19. The third-order valence-corrected chi connectivity index (χ3v) is 5.43. The van der Waals surface area contributed by atoms with Gasteiger partial charge in [0.15, 0.2) is 11.5 Å². The van der Waals surface area contributed by atoms with Gasteiger partial charge in [-0.3, -0.25) is 19.7 Å². The van der Waals surface area contributed by atoms with Crippen LogP contribution in [0.3, 0.4) is 0 Å². The second kappa shape index (κ2) is 11.8. The normalized spacial score (nSPS) is 10.8. The van der Waals surface area contributed by atoms with Crippen molar-refractivity contribution in [1.29, 1.82) is 0 Å². The fourth-order valence-corrected chi connectivity index (χ4v) is 3.57. The summed E-state index contributed by atoms with van der Waals surface area (Å²) in [5.74, 6) is -0.130. The van der Waals surface area contributed by atoms with Crippen molar-refractivity contribution < 1.29 is 28.7 Å². The quantitative estimate of drug-likeness (QED) is 0.220. The maximum atomic E-state index is 13.2. The van der Waals surface area contributed by atoms with Crippen LogP contribution in [0.2, 0.25) is 0 Å². The number of carbonyl (C=O) groups is 2. The van der Waals surface area contributed by atoms with E-state index in [0.29, 0.717) is 33.0 Å². The van der Waals surface area contributed by atoms with Crippen molar-refractivity contribution in [1.82, 2.24) is 5.32 Å². The van der Waals surface area contributed by atoms with Crippen LogP contribution >= 0.6 is 15.9 Å².